The molecule has 0 spiro atoms. The van der Waals surface area contributed by atoms with E-state index < -0.39 is 9.84 Å². The third kappa shape index (κ3) is 3.57. The summed E-state index contributed by atoms with van der Waals surface area (Å²) in [6.45, 7) is 4.79. The Morgan fingerprint density at radius 3 is 2.53 bits per heavy atom. The molecule has 1 saturated heterocycles. The second-order valence-corrected chi connectivity index (χ2v) is 7.76. The van der Waals surface area contributed by atoms with Gasteiger partial charge in [0, 0.05) is 12.6 Å². The minimum absolute atomic E-state index is 0.190. The monoisotopic (exact) mass is 281 g/mol. The van der Waals surface area contributed by atoms with Gasteiger partial charge in [0.25, 0.3) is 0 Å². The maximum Gasteiger partial charge on any atom is 0.154 e. The third-order valence-corrected chi connectivity index (χ3v) is 6.28. The fourth-order valence-corrected chi connectivity index (χ4v) is 4.33. The molecule has 0 aliphatic carbocycles. The molecule has 1 heterocycles. The number of sulfone groups is 1. The maximum absolute atomic E-state index is 11.8. The zero-order valence-electron chi connectivity index (χ0n) is 11.7. The van der Waals surface area contributed by atoms with Gasteiger partial charge in [-0.1, -0.05) is 31.2 Å². The zero-order chi connectivity index (χ0) is 13.9. The summed E-state index contributed by atoms with van der Waals surface area (Å²) in [7, 11) is -2.84. The Balaban J connectivity index is 1.92. The van der Waals surface area contributed by atoms with Gasteiger partial charge in [-0.05, 0) is 37.3 Å². The summed E-state index contributed by atoms with van der Waals surface area (Å²) in [5.74, 6) is 0.360. The highest BCUT2D eigenvalue weighted by Crippen LogP contribution is 2.20. The predicted molar refractivity (Wildman–Crippen MR) is 79.0 cm³/mol. The van der Waals surface area contributed by atoms with Crippen LogP contribution in [-0.2, 0) is 16.3 Å². The fourth-order valence-electron chi connectivity index (χ4n) is 2.56. The van der Waals surface area contributed by atoms with Crippen molar-refractivity contribution in [1.29, 1.82) is 0 Å². The number of aryl methyl sites for hydroxylation is 1. The second-order valence-electron chi connectivity index (χ2n) is 5.36. The van der Waals surface area contributed by atoms with Crippen LogP contribution in [0.3, 0.4) is 0 Å². The summed E-state index contributed by atoms with van der Waals surface area (Å²) in [5, 5.41) is 3.16. The Morgan fingerprint density at radius 1 is 1.32 bits per heavy atom. The van der Waals surface area contributed by atoms with Gasteiger partial charge in [0.15, 0.2) is 9.84 Å². The summed E-state index contributed by atoms with van der Waals surface area (Å²) in [4.78, 5) is 0. The summed E-state index contributed by atoms with van der Waals surface area (Å²) >= 11 is 0. The first-order chi connectivity index (χ1) is 9.03. The average Bonchev–Trinajstić information content (AvgIpc) is 2.75. The Morgan fingerprint density at radius 2 is 2.00 bits per heavy atom. The summed E-state index contributed by atoms with van der Waals surface area (Å²) in [6, 6.07) is 8.72. The Labute approximate surface area is 116 Å². The fraction of sp³-hybridized carbons (Fsp3) is 0.600. The SMILES string of the molecule is CCc1ccc(C(C)NCC2CCCS2(=O)=O)cc1. The van der Waals surface area contributed by atoms with Gasteiger partial charge in [-0.15, -0.1) is 0 Å². The van der Waals surface area contributed by atoms with Crippen molar-refractivity contribution in [2.45, 2.75) is 44.4 Å². The highest BCUT2D eigenvalue weighted by atomic mass is 32.2. The van der Waals surface area contributed by atoms with Gasteiger partial charge in [-0.25, -0.2) is 8.42 Å². The Hall–Kier alpha value is -0.870. The zero-order valence-corrected chi connectivity index (χ0v) is 12.5. The lowest BCUT2D eigenvalue weighted by Gasteiger charge is -2.17. The molecule has 1 aromatic carbocycles. The van der Waals surface area contributed by atoms with Crippen molar-refractivity contribution in [1.82, 2.24) is 5.32 Å². The van der Waals surface area contributed by atoms with E-state index in [1.165, 1.54) is 11.1 Å². The molecule has 0 radical (unpaired) electrons. The first kappa shape index (κ1) is 14.5. The number of rotatable bonds is 5. The van der Waals surface area contributed by atoms with Crippen molar-refractivity contribution in [3.8, 4) is 0 Å². The van der Waals surface area contributed by atoms with Gasteiger partial charge in [0.1, 0.15) is 0 Å². The lowest BCUT2D eigenvalue weighted by atomic mass is 10.0. The summed E-state index contributed by atoms with van der Waals surface area (Å²) in [6.07, 6.45) is 2.66. The van der Waals surface area contributed by atoms with Gasteiger partial charge in [-0.3, -0.25) is 0 Å². The lowest BCUT2D eigenvalue weighted by Crippen LogP contribution is -2.32. The van der Waals surface area contributed by atoms with Gasteiger partial charge >= 0.3 is 0 Å². The van der Waals surface area contributed by atoms with Crippen molar-refractivity contribution in [3.63, 3.8) is 0 Å². The quantitative estimate of drug-likeness (QED) is 0.902. The van der Waals surface area contributed by atoms with Gasteiger partial charge in [0.2, 0.25) is 0 Å². The van der Waals surface area contributed by atoms with Gasteiger partial charge in [0.05, 0.1) is 11.0 Å². The van der Waals surface area contributed by atoms with E-state index in [4.69, 9.17) is 0 Å². The van der Waals surface area contributed by atoms with Gasteiger partial charge in [-0.2, -0.15) is 0 Å². The highest BCUT2D eigenvalue weighted by molar-refractivity contribution is 7.92. The molecule has 1 fully saturated rings. The van der Waals surface area contributed by atoms with E-state index in [0.29, 0.717) is 12.3 Å². The normalized spacial score (nSPS) is 23.4. The molecular formula is C15H23NO2S. The molecule has 0 saturated carbocycles. The number of hydrogen-bond donors (Lipinski definition) is 1. The third-order valence-electron chi connectivity index (χ3n) is 4.00. The molecular weight excluding hydrogens is 258 g/mol. The van der Waals surface area contributed by atoms with Crippen molar-refractivity contribution in [2.75, 3.05) is 12.3 Å². The Kier molecular flexibility index (Phi) is 4.63. The highest BCUT2D eigenvalue weighted by Gasteiger charge is 2.31. The van der Waals surface area contributed by atoms with Crippen LogP contribution in [0.25, 0.3) is 0 Å². The van der Waals surface area contributed by atoms with E-state index in [2.05, 4.69) is 43.4 Å². The van der Waals surface area contributed by atoms with Crippen molar-refractivity contribution in [3.05, 3.63) is 35.4 Å². The Bertz CT molecular complexity index is 507. The van der Waals surface area contributed by atoms with Crippen LogP contribution in [0.4, 0.5) is 0 Å². The van der Waals surface area contributed by atoms with Crippen LogP contribution >= 0.6 is 0 Å². The molecule has 4 heteroatoms. The predicted octanol–water partition coefficient (Wildman–Crippen LogP) is 2.48. The van der Waals surface area contributed by atoms with E-state index in [0.717, 1.165) is 19.3 Å². The molecule has 1 aliphatic heterocycles. The number of hydrogen-bond acceptors (Lipinski definition) is 3. The molecule has 2 rings (SSSR count). The molecule has 0 amide bonds. The van der Waals surface area contributed by atoms with Crippen LogP contribution in [0.2, 0.25) is 0 Å². The number of benzene rings is 1. The van der Waals surface area contributed by atoms with Crippen LogP contribution < -0.4 is 5.32 Å². The van der Waals surface area contributed by atoms with Crippen molar-refractivity contribution in [2.24, 2.45) is 0 Å². The van der Waals surface area contributed by atoms with Crippen molar-refractivity contribution < 1.29 is 8.42 Å². The molecule has 2 unspecified atom stereocenters. The summed E-state index contributed by atoms with van der Waals surface area (Å²) < 4.78 is 23.5. The van der Waals surface area contributed by atoms with Crippen LogP contribution in [0.1, 0.15) is 43.9 Å². The van der Waals surface area contributed by atoms with Gasteiger partial charge < -0.3 is 5.32 Å². The molecule has 19 heavy (non-hydrogen) atoms. The molecule has 0 aromatic heterocycles. The topological polar surface area (TPSA) is 46.2 Å². The smallest absolute Gasteiger partial charge is 0.154 e. The van der Waals surface area contributed by atoms with Crippen LogP contribution in [0.15, 0.2) is 24.3 Å². The lowest BCUT2D eigenvalue weighted by molar-refractivity contribution is 0.538. The van der Waals surface area contributed by atoms with Crippen LogP contribution in [0.5, 0.6) is 0 Å². The summed E-state index contributed by atoms with van der Waals surface area (Å²) in [5.41, 5.74) is 2.54. The first-order valence-corrected chi connectivity index (χ1v) is 8.78. The second kappa shape index (κ2) is 6.06. The minimum atomic E-state index is -2.84. The van der Waals surface area contributed by atoms with E-state index in [-0.39, 0.29) is 11.3 Å². The average molecular weight is 281 g/mol. The molecule has 1 aromatic rings. The molecule has 106 valence electrons. The molecule has 1 N–H and O–H groups in total. The number of nitrogens with one attached hydrogen (secondary N) is 1. The first-order valence-electron chi connectivity index (χ1n) is 7.06. The molecule has 2 atom stereocenters. The van der Waals surface area contributed by atoms with E-state index in [9.17, 15) is 8.42 Å². The van der Waals surface area contributed by atoms with E-state index >= 15 is 0 Å². The van der Waals surface area contributed by atoms with Crippen LogP contribution in [-0.4, -0.2) is 26.0 Å². The maximum atomic E-state index is 11.8. The van der Waals surface area contributed by atoms with E-state index in [1.807, 2.05) is 0 Å². The standard InChI is InChI=1S/C15H23NO2S/c1-3-13-6-8-14(9-7-13)12(2)16-11-15-5-4-10-19(15,17)18/h6-9,12,15-16H,3-5,10-11H2,1-2H3. The van der Waals surface area contributed by atoms with Crippen LogP contribution in [0, 0.1) is 0 Å². The molecule has 0 bridgehead atoms. The molecule has 3 nitrogen and oxygen atoms in total. The largest absolute Gasteiger partial charge is 0.309 e. The van der Waals surface area contributed by atoms with Crippen molar-refractivity contribution >= 4 is 9.84 Å². The molecule has 1 aliphatic rings. The van der Waals surface area contributed by atoms with E-state index in [1.54, 1.807) is 0 Å². The minimum Gasteiger partial charge on any atom is -0.309 e.